The number of nitrogens with zero attached hydrogens (tertiary/aromatic N) is 2. The lowest BCUT2D eigenvalue weighted by Gasteiger charge is -2.16. The number of hydrogen-bond donors (Lipinski definition) is 1. The van der Waals surface area contributed by atoms with Crippen LogP contribution in [0.25, 0.3) is 0 Å². The van der Waals surface area contributed by atoms with E-state index in [1.54, 1.807) is 12.4 Å². The number of anilines is 1. The highest BCUT2D eigenvalue weighted by Gasteiger charge is 2.10. The quantitative estimate of drug-likeness (QED) is 0.876. The van der Waals surface area contributed by atoms with Crippen LogP contribution in [-0.2, 0) is 0 Å². The van der Waals surface area contributed by atoms with Crippen LogP contribution in [0.5, 0.6) is 0 Å². The summed E-state index contributed by atoms with van der Waals surface area (Å²) in [6.45, 7) is 0. The van der Waals surface area contributed by atoms with Crippen LogP contribution in [0.15, 0.2) is 47.2 Å². The van der Waals surface area contributed by atoms with E-state index in [2.05, 4.69) is 31.2 Å². The van der Waals surface area contributed by atoms with Crippen molar-refractivity contribution in [1.82, 2.24) is 9.97 Å². The molecule has 0 saturated carbocycles. The maximum Gasteiger partial charge on any atom is 0.223 e. The molecule has 3 nitrogen and oxygen atoms in total. The van der Waals surface area contributed by atoms with Crippen molar-refractivity contribution < 1.29 is 0 Å². The van der Waals surface area contributed by atoms with E-state index >= 15 is 0 Å². The molecule has 2 aromatic rings. The Morgan fingerprint density at radius 1 is 1.18 bits per heavy atom. The van der Waals surface area contributed by atoms with Gasteiger partial charge in [0.25, 0.3) is 0 Å². The minimum atomic E-state index is 0.0130. The van der Waals surface area contributed by atoms with E-state index in [0.29, 0.717) is 11.8 Å². The first-order valence-corrected chi connectivity index (χ1v) is 6.47. The summed E-state index contributed by atoms with van der Waals surface area (Å²) in [4.78, 5) is 8.33. The van der Waals surface area contributed by atoms with E-state index in [0.717, 1.165) is 10.0 Å². The Morgan fingerprint density at radius 3 is 2.41 bits per heavy atom. The van der Waals surface area contributed by atoms with Crippen LogP contribution in [0.4, 0.5) is 5.95 Å². The Hall–Kier alpha value is -1.13. The molecule has 1 unspecified atom stereocenters. The highest BCUT2D eigenvalue weighted by molar-refractivity contribution is 9.10. The van der Waals surface area contributed by atoms with Crippen LogP contribution in [0.1, 0.15) is 11.6 Å². The van der Waals surface area contributed by atoms with Crippen LogP contribution >= 0.6 is 27.5 Å². The lowest BCUT2D eigenvalue weighted by molar-refractivity contribution is 0.867. The maximum absolute atomic E-state index is 5.96. The van der Waals surface area contributed by atoms with Gasteiger partial charge in [-0.1, -0.05) is 30.3 Å². The van der Waals surface area contributed by atoms with Crippen molar-refractivity contribution in [3.05, 3.63) is 52.8 Å². The fraction of sp³-hybridized carbons (Fsp3) is 0.167. The van der Waals surface area contributed by atoms with Gasteiger partial charge in [0.05, 0.1) is 10.5 Å². The molecular weight excluding hydrogens is 302 g/mol. The zero-order valence-corrected chi connectivity index (χ0v) is 11.3. The van der Waals surface area contributed by atoms with Gasteiger partial charge in [-0.2, -0.15) is 0 Å². The van der Waals surface area contributed by atoms with Gasteiger partial charge in [0.2, 0.25) is 5.95 Å². The molecule has 0 amide bonds. The van der Waals surface area contributed by atoms with Crippen LogP contribution < -0.4 is 5.32 Å². The monoisotopic (exact) mass is 311 g/mol. The second-order valence-corrected chi connectivity index (χ2v) is 4.71. The average Bonchev–Trinajstić information content (AvgIpc) is 2.39. The summed E-state index contributed by atoms with van der Waals surface area (Å²) in [5, 5.41) is 3.20. The van der Waals surface area contributed by atoms with E-state index in [1.807, 2.05) is 30.3 Å². The van der Waals surface area contributed by atoms with Gasteiger partial charge in [0.15, 0.2) is 0 Å². The number of halogens is 2. The topological polar surface area (TPSA) is 37.8 Å². The van der Waals surface area contributed by atoms with Gasteiger partial charge in [-0.3, -0.25) is 0 Å². The summed E-state index contributed by atoms with van der Waals surface area (Å²) < 4.78 is 0.852. The van der Waals surface area contributed by atoms with Gasteiger partial charge in [0, 0.05) is 18.3 Å². The molecule has 5 heteroatoms. The van der Waals surface area contributed by atoms with E-state index < -0.39 is 0 Å². The molecular formula is C12H11BrClN3. The first kappa shape index (κ1) is 12.3. The predicted molar refractivity (Wildman–Crippen MR) is 73.3 cm³/mol. The lowest BCUT2D eigenvalue weighted by atomic mass is 10.1. The van der Waals surface area contributed by atoms with E-state index in [-0.39, 0.29) is 6.04 Å². The Morgan fingerprint density at radius 2 is 1.82 bits per heavy atom. The zero-order chi connectivity index (χ0) is 12.1. The first-order valence-electron chi connectivity index (χ1n) is 5.14. The van der Waals surface area contributed by atoms with Gasteiger partial charge >= 0.3 is 0 Å². The fourth-order valence-corrected chi connectivity index (χ4v) is 1.90. The normalized spacial score (nSPS) is 12.1. The Balaban J connectivity index is 2.13. The van der Waals surface area contributed by atoms with Crippen LogP contribution in [0, 0.1) is 0 Å². The van der Waals surface area contributed by atoms with Gasteiger partial charge in [-0.15, -0.1) is 11.6 Å². The third kappa shape index (κ3) is 3.41. The van der Waals surface area contributed by atoms with Gasteiger partial charge in [0.1, 0.15) is 0 Å². The fourth-order valence-electron chi connectivity index (χ4n) is 1.44. The van der Waals surface area contributed by atoms with Crippen molar-refractivity contribution in [2.45, 2.75) is 6.04 Å². The number of rotatable bonds is 4. The summed E-state index contributed by atoms with van der Waals surface area (Å²) in [7, 11) is 0. The molecule has 88 valence electrons. The smallest absolute Gasteiger partial charge is 0.223 e. The van der Waals surface area contributed by atoms with Gasteiger partial charge in [-0.25, -0.2) is 9.97 Å². The molecule has 0 aliphatic carbocycles. The summed E-state index contributed by atoms with van der Waals surface area (Å²) in [5.74, 6) is 1.03. The summed E-state index contributed by atoms with van der Waals surface area (Å²) in [6, 6.07) is 10.0. The summed E-state index contributed by atoms with van der Waals surface area (Å²) >= 11 is 9.25. The standard InChI is InChI=1S/C12H11BrClN3/c13-10-7-15-12(16-8-10)17-11(6-14)9-4-2-1-3-5-9/h1-5,7-8,11H,6H2,(H,15,16,17). The molecule has 0 saturated heterocycles. The zero-order valence-electron chi connectivity index (χ0n) is 8.98. The third-order valence-corrected chi connectivity index (χ3v) is 3.00. The molecule has 0 aliphatic rings. The van der Waals surface area contributed by atoms with Crippen molar-refractivity contribution in [3.8, 4) is 0 Å². The molecule has 0 spiro atoms. The predicted octanol–water partition coefficient (Wildman–Crippen LogP) is 3.63. The van der Waals surface area contributed by atoms with Gasteiger partial charge < -0.3 is 5.32 Å². The molecule has 17 heavy (non-hydrogen) atoms. The van der Waals surface area contributed by atoms with E-state index in [4.69, 9.17) is 11.6 Å². The SMILES string of the molecule is ClCC(Nc1ncc(Br)cn1)c1ccccc1. The first-order chi connectivity index (χ1) is 8.29. The molecule has 1 aromatic carbocycles. The highest BCUT2D eigenvalue weighted by Crippen LogP contribution is 2.18. The average molecular weight is 313 g/mol. The van der Waals surface area contributed by atoms with Gasteiger partial charge in [-0.05, 0) is 21.5 Å². The van der Waals surface area contributed by atoms with E-state index in [1.165, 1.54) is 0 Å². The second-order valence-electron chi connectivity index (χ2n) is 3.49. The molecule has 1 atom stereocenters. The van der Waals surface area contributed by atoms with Crippen LogP contribution in [0.3, 0.4) is 0 Å². The lowest BCUT2D eigenvalue weighted by Crippen LogP contribution is -2.14. The number of aromatic nitrogens is 2. The third-order valence-electron chi connectivity index (χ3n) is 2.28. The molecule has 1 N–H and O–H groups in total. The Kier molecular flexibility index (Phi) is 4.34. The van der Waals surface area contributed by atoms with Crippen molar-refractivity contribution >= 4 is 33.5 Å². The summed E-state index contributed by atoms with van der Waals surface area (Å²) in [5.41, 5.74) is 1.12. The molecule has 2 rings (SSSR count). The van der Waals surface area contributed by atoms with Crippen molar-refractivity contribution in [2.24, 2.45) is 0 Å². The molecule has 0 bridgehead atoms. The largest absolute Gasteiger partial charge is 0.346 e. The van der Waals surface area contributed by atoms with Crippen molar-refractivity contribution in [1.29, 1.82) is 0 Å². The molecule has 0 fully saturated rings. The minimum absolute atomic E-state index is 0.0130. The van der Waals surface area contributed by atoms with Crippen LogP contribution in [0.2, 0.25) is 0 Å². The molecule has 0 radical (unpaired) electrons. The number of hydrogen-bond acceptors (Lipinski definition) is 3. The number of benzene rings is 1. The summed E-state index contributed by atoms with van der Waals surface area (Å²) in [6.07, 6.45) is 3.40. The number of nitrogens with one attached hydrogen (secondary N) is 1. The van der Waals surface area contributed by atoms with Crippen LogP contribution in [-0.4, -0.2) is 15.8 Å². The second kappa shape index (κ2) is 5.98. The highest BCUT2D eigenvalue weighted by atomic mass is 79.9. The van der Waals surface area contributed by atoms with Crippen molar-refractivity contribution in [2.75, 3.05) is 11.2 Å². The van der Waals surface area contributed by atoms with E-state index in [9.17, 15) is 0 Å². The minimum Gasteiger partial charge on any atom is -0.346 e. The Bertz CT molecular complexity index is 461. The molecule has 1 aromatic heterocycles. The maximum atomic E-state index is 5.96. The Labute approximate surface area is 113 Å². The number of alkyl halides is 1. The molecule has 0 aliphatic heterocycles. The molecule has 1 heterocycles. The van der Waals surface area contributed by atoms with Crippen molar-refractivity contribution in [3.63, 3.8) is 0 Å².